The zero-order valence-electron chi connectivity index (χ0n) is 12.0. The minimum Gasteiger partial charge on any atom is -0.314 e. The molecule has 1 aliphatic heterocycles. The molecule has 1 atom stereocenters. The lowest BCUT2D eigenvalue weighted by atomic mass is 9.85. The second kappa shape index (κ2) is 5.71. The molecule has 17 heavy (non-hydrogen) atoms. The van der Waals surface area contributed by atoms with Crippen LogP contribution in [0, 0.1) is 11.3 Å². The molecule has 0 radical (unpaired) electrons. The van der Waals surface area contributed by atoms with Crippen molar-refractivity contribution < 1.29 is 0 Å². The third kappa shape index (κ3) is 4.97. The first-order chi connectivity index (χ1) is 8.05. The van der Waals surface area contributed by atoms with Crippen molar-refractivity contribution in [2.24, 2.45) is 11.3 Å². The van der Waals surface area contributed by atoms with Gasteiger partial charge in [0.25, 0.3) is 0 Å². The number of rotatable bonds is 5. The maximum absolute atomic E-state index is 3.65. The summed E-state index contributed by atoms with van der Waals surface area (Å²) in [7, 11) is 0. The van der Waals surface area contributed by atoms with Crippen molar-refractivity contribution in [3.8, 4) is 0 Å². The van der Waals surface area contributed by atoms with Gasteiger partial charge in [0.15, 0.2) is 0 Å². The van der Waals surface area contributed by atoms with E-state index in [0.717, 1.165) is 12.0 Å². The predicted octanol–water partition coefficient (Wildman–Crippen LogP) is 2.89. The molecule has 0 bridgehead atoms. The minimum atomic E-state index is 0.574. The van der Waals surface area contributed by atoms with E-state index in [-0.39, 0.29) is 0 Å². The molecule has 2 aliphatic rings. The standard InChI is InChI=1S/C15H30N2/c1-13(11-16-14-5-6-14)12-17-9-4-7-15(2,3)8-10-17/h13-14,16H,4-12H2,1-3H3. The van der Waals surface area contributed by atoms with Gasteiger partial charge in [0.05, 0.1) is 0 Å². The molecule has 1 aliphatic carbocycles. The molecule has 2 fully saturated rings. The summed E-state index contributed by atoms with van der Waals surface area (Å²) in [4.78, 5) is 2.69. The van der Waals surface area contributed by atoms with Crippen LogP contribution in [0.2, 0.25) is 0 Å². The lowest BCUT2D eigenvalue weighted by Crippen LogP contribution is -2.35. The highest BCUT2D eigenvalue weighted by Gasteiger charge is 2.24. The molecule has 1 saturated carbocycles. The van der Waals surface area contributed by atoms with Crippen LogP contribution in [0.25, 0.3) is 0 Å². The Hall–Kier alpha value is -0.0800. The Morgan fingerprint density at radius 2 is 2.00 bits per heavy atom. The Kier molecular flexibility index (Phi) is 4.48. The number of nitrogens with one attached hydrogen (secondary N) is 1. The number of nitrogens with zero attached hydrogens (tertiary/aromatic N) is 1. The lowest BCUT2D eigenvalue weighted by molar-refractivity contribution is 0.230. The van der Waals surface area contributed by atoms with Crippen molar-refractivity contribution in [2.75, 3.05) is 26.2 Å². The molecular formula is C15H30N2. The quantitative estimate of drug-likeness (QED) is 0.792. The topological polar surface area (TPSA) is 15.3 Å². The van der Waals surface area contributed by atoms with E-state index in [4.69, 9.17) is 0 Å². The van der Waals surface area contributed by atoms with Crippen LogP contribution in [0.1, 0.15) is 52.9 Å². The Bertz CT molecular complexity index is 233. The van der Waals surface area contributed by atoms with Gasteiger partial charge in [0, 0.05) is 12.6 Å². The third-order valence-corrected chi connectivity index (χ3v) is 4.33. The summed E-state index contributed by atoms with van der Waals surface area (Å²) in [5.74, 6) is 0.803. The van der Waals surface area contributed by atoms with Gasteiger partial charge in [-0.3, -0.25) is 0 Å². The normalized spacial score (nSPS) is 27.7. The highest BCUT2D eigenvalue weighted by Crippen LogP contribution is 2.29. The molecule has 1 saturated heterocycles. The van der Waals surface area contributed by atoms with Crippen LogP contribution >= 0.6 is 0 Å². The van der Waals surface area contributed by atoms with Crippen LogP contribution in [0.5, 0.6) is 0 Å². The van der Waals surface area contributed by atoms with Crippen LogP contribution in [0.3, 0.4) is 0 Å². The molecule has 0 spiro atoms. The molecule has 0 amide bonds. The SMILES string of the molecule is CC(CNC1CC1)CN1CCCC(C)(C)CC1. The van der Waals surface area contributed by atoms with Gasteiger partial charge in [-0.1, -0.05) is 20.8 Å². The van der Waals surface area contributed by atoms with Gasteiger partial charge >= 0.3 is 0 Å². The van der Waals surface area contributed by atoms with E-state index >= 15 is 0 Å². The van der Waals surface area contributed by atoms with Gasteiger partial charge in [-0.05, 0) is 63.1 Å². The smallest absolute Gasteiger partial charge is 0.00683 e. The second-order valence-electron chi connectivity index (χ2n) is 7.11. The fraction of sp³-hybridized carbons (Fsp3) is 1.00. The summed E-state index contributed by atoms with van der Waals surface area (Å²) in [6.45, 7) is 12.4. The molecule has 0 aromatic heterocycles. The maximum atomic E-state index is 3.65. The van der Waals surface area contributed by atoms with Crippen LogP contribution in [-0.4, -0.2) is 37.1 Å². The molecule has 100 valence electrons. The Morgan fingerprint density at radius 1 is 1.24 bits per heavy atom. The van der Waals surface area contributed by atoms with Gasteiger partial charge in [-0.25, -0.2) is 0 Å². The first-order valence-electron chi connectivity index (χ1n) is 7.51. The first-order valence-corrected chi connectivity index (χ1v) is 7.51. The van der Waals surface area contributed by atoms with E-state index in [2.05, 4.69) is 31.0 Å². The fourth-order valence-electron chi connectivity index (χ4n) is 2.82. The fourth-order valence-corrected chi connectivity index (χ4v) is 2.82. The Balaban J connectivity index is 1.66. The first kappa shape index (κ1) is 13.4. The third-order valence-electron chi connectivity index (χ3n) is 4.33. The Labute approximate surface area is 107 Å². The van der Waals surface area contributed by atoms with E-state index < -0.39 is 0 Å². The highest BCUT2D eigenvalue weighted by molar-refractivity contribution is 4.82. The molecule has 2 nitrogen and oxygen atoms in total. The average molecular weight is 238 g/mol. The summed E-state index contributed by atoms with van der Waals surface area (Å²) >= 11 is 0. The molecule has 2 rings (SSSR count). The maximum Gasteiger partial charge on any atom is 0.00683 e. The van der Waals surface area contributed by atoms with Gasteiger partial charge in [-0.2, -0.15) is 0 Å². The van der Waals surface area contributed by atoms with E-state index in [9.17, 15) is 0 Å². The van der Waals surface area contributed by atoms with E-state index in [1.807, 2.05) is 0 Å². The van der Waals surface area contributed by atoms with E-state index in [1.54, 1.807) is 0 Å². The van der Waals surface area contributed by atoms with Gasteiger partial charge in [-0.15, -0.1) is 0 Å². The van der Waals surface area contributed by atoms with Crippen molar-refractivity contribution in [3.05, 3.63) is 0 Å². The molecular weight excluding hydrogens is 208 g/mol. The van der Waals surface area contributed by atoms with Gasteiger partial charge < -0.3 is 10.2 Å². The van der Waals surface area contributed by atoms with E-state index in [1.165, 1.54) is 58.3 Å². The summed E-state index contributed by atoms with van der Waals surface area (Å²) < 4.78 is 0. The number of likely N-dealkylation sites (tertiary alicyclic amines) is 1. The molecule has 1 N–H and O–H groups in total. The number of hydrogen-bond acceptors (Lipinski definition) is 2. The highest BCUT2D eigenvalue weighted by atomic mass is 15.1. The van der Waals surface area contributed by atoms with Crippen LogP contribution < -0.4 is 5.32 Å². The summed E-state index contributed by atoms with van der Waals surface area (Å²) in [5.41, 5.74) is 0.574. The summed E-state index contributed by atoms with van der Waals surface area (Å²) in [5, 5.41) is 3.65. The van der Waals surface area contributed by atoms with Crippen molar-refractivity contribution >= 4 is 0 Å². The second-order valence-corrected chi connectivity index (χ2v) is 7.11. The number of hydrogen-bond donors (Lipinski definition) is 1. The van der Waals surface area contributed by atoms with Crippen molar-refractivity contribution in [1.29, 1.82) is 0 Å². The summed E-state index contributed by atoms with van der Waals surface area (Å²) in [6.07, 6.45) is 6.97. The zero-order chi connectivity index (χ0) is 12.3. The average Bonchev–Trinajstić information content (AvgIpc) is 3.06. The summed E-state index contributed by atoms with van der Waals surface area (Å²) in [6, 6.07) is 0.862. The van der Waals surface area contributed by atoms with Crippen LogP contribution in [-0.2, 0) is 0 Å². The molecule has 2 heteroatoms. The van der Waals surface area contributed by atoms with Gasteiger partial charge in [0.2, 0.25) is 0 Å². The molecule has 0 aromatic rings. The zero-order valence-corrected chi connectivity index (χ0v) is 12.0. The largest absolute Gasteiger partial charge is 0.314 e. The minimum absolute atomic E-state index is 0.574. The predicted molar refractivity (Wildman–Crippen MR) is 74.3 cm³/mol. The monoisotopic (exact) mass is 238 g/mol. The van der Waals surface area contributed by atoms with Crippen molar-refractivity contribution in [2.45, 2.75) is 58.9 Å². The Morgan fingerprint density at radius 3 is 2.71 bits per heavy atom. The molecule has 0 aromatic carbocycles. The molecule has 1 unspecified atom stereocenters. The van der Waals surface area contributed by atoms with Crippen molar-refractivity contribution in [1.82, 2.24) is 10.2 Å². The molecule has 1 heterocycles. The van der Waals surface area contributed by atoms with Crippen LogP contribution in [0.4, 0.5) is 0 Å². The van der Waals surface area contributed by atoms with E-state index in [0.29, 0.717) is 5.41 Å². The lowest BCUT2D eigenvalue weighted by Gasteiger charge is -2.25. The van der Waals surface area contributed by atoms with Gasteiger partial charge in [0.1, 0.15) is 0 Å². The van der Waals surface area contributed by atoms with Crippen LogP contribution in [0.15, 0.2) is 0 Å². The van der Waals surface area contributed by atoms with Crippen molar-refractivity contribution in [3.63, 3.8) is 0 Å².